The fourth-order valence-corrected chi connectivity index (χ4v) is 4.24. The molecular formula is C25H20O. The van der Waals surface area contributed by atoms with Crippen LogP contribution in [-0.2, 0) is 11.8 Å². The highest BCUT2D eigenvalue weighted by molar-refractivity contribution is 5.88. The monoisotopic (exact) mass is 336 g/mol. The Hall–Kier alpha value is -3.06. The predicted octanol–water partition coefficient (Wildman–Crippen LogP) is 5.76. The fraction of sp³-hybridized carbons (Fsp3) is 0.120. The maximum Gasteiger partial charge on any atom is 0.123 e. The number of ether oxygens (including phenoxy) is 1. The van der Waals surface area contributed by atoms with Gasteiger partial charge < -0.3 is 4.74 Å². The molecular weight excluding hydrogens is 316 g/mol. The van der Waals surface area contributed by atoms with Gasteiger partial charge in [0.05, 0.1) is 5.41 Å². The topological polar surface area (TPSA) is 9.23 Å². The third kappa shape index (κ3) is 2.32. The van der Waals surface area contributed by atoms with E-state index in [4.69, 9.17) is 4.74 Å². The van der Waals surface area contributed by atoms with Crippen molar-refractivity contribution >= 4 is 10.8 Å². The van der Waals surface area contributed by atoms with Gasteiger partial charge in [-0.1, -0.05) is 91.0 Å². The number of benzene rings is 4. The summed E-state index contributed by atoms with van der Waals surface area (Å²) in [6.45, 7) is 0.659. The zero-order valence-corrected chi connectivity index (χ0v) is 14.6. The smallest absolute Gasteiger partial charge is 0.123 e. The Kier molecular flexibility index (Phi) is 3.53. The lowest BCUT2D eigenvalue weighted by atomic mass is 9.69. The minimum absolute atomic E-state index is 0.167. The zero-order valence-electron chi connectivity index (χ0n) is 14.6. The molecule has 0 spiro atoms. The lowest BCUT2D eigenvalue weighted by molar-refractivity contribution is 0.216. The highest BCUT2D eigenvalue weighted by atomic mass is 16.5. The van der Waals surface area contributed by atoms with E-state index in [1.807, 2.05) is 0 Å². The molecule has 126 valence electrons. The Morgan fingerprint density at radius 2 is 1.23 bits per heavy atom. The Morgan fingerprint density at radius 3 is 1.92 bits per heavy atom. The molecule has 1 nitrogen and oxygen atoms in total. The molecule has 0 atom stereocenters. The van der Waals surface area contributed by atoms with Crippen LogP contribution in [0.1, 0.15) is 16.7 Å². The second-order valence-electron chi connectivity index (χ2n) is 7.04. The first-order valence-corrected chi connectivity index (χ1v) is 9.11. The first-order chi connectivity index (χ1) is 12.9. The van der Waals surface area contributed by atoms with Gasteiger partial charge in [-0.3, -0.25) is 0 Å². The zero-order chi connectivity index (χ0) is 17.4. The first kappa shape index (κ1) is 15.2. The number of hydrogen-bond donors (Lipinski definition) is 0. The summed E-state index contributed by atoms with van der Waals surface area (Å²) < 4.78 is 6.36. The molecule has 1 aliphatic rings. The molecule has 1 aliphatic heterocycles. The molecule has 5 rings (SSSR count). The molecule has 0 unspecified atom stereocenters. The van der Waals surface area contributed by atoms with Crippen molar-refractivity contribution in [1.82, 2.24) is 0 Å². The van der Waals surface area contributed by atoms with Gasteiger partial charge in [-0.2, -0.15) is 0 Å². The Balaban J connectivity index is 1.75. The average molecular weight is 336 g/mol. The Morgan fingerprint density at radius 1 is 0.615 bits per heavy atom. The molecule has 0 saturated heterocycles. The van der Waals surface area contributed by atoms with E-state index in [1.165, 1.54) is 27.5 Å². The van der Waals surface area contributed by atoms with Crippen molar-refractivity contribution in [2.24, 2.45) is 0 Å². The molecule has 26 heavy (non-hydrogen) atoms. The minimum Gasteiger partial charge on any atom is -0.492 e. The fourth-order valence-electron chi connectivity index (χ4n) is 4.24. The van der Waals surface area contributed by atoms with Gasteiger partial charge in [0.25, 0.3) is 0 Å². The minimum atomic E-state index is -0.167. The van der Waals surface area contributed by atoms with Crippen molar-refractivity contribution in [2.45, 2.75) is 11.8 Å². The van der Waals surface area contributed by atoms with E-state index >= 15 is 0 Å². The Bertz CT molecular complexity index is 1010. The van der Waals surface area contributed by atoms with Gasteiger partial charge in [0.2, 0.25) is 0 Å². The van der Waals surface area contributed by atoms with Crippen LogP contribution in [0.2, 0.25) is 0 Å². The maximum absolute atomic E-state index is 6.36. The van der Waals surface area contributed by atoms with Crippen LogP contribution < -0.4 is 4.74 Å². The molecule has 0 N–H and O–H groups in total. The molecule has 4 aromatic carbocycles. The second-order valence-corrected chi connectivity index (χ2v) is 7.04. The SMILES string of the molecule is c1ccc(C2(c3ccccc3)COc3ccc4ccccc4c3C2)cc1. The number of hydrogen-bond acceptors (Lipinski definition) is 1. The van der Waals surface area contributed by atoms with Crippen molar-refractivity contribution in [1.29, 1.82) is 0 Å². The van der Waals surface area contributed by atoms with E-state index in [0.29, 0.717) is 6.61 Å². The van der Waals surface area contributed by atoms with Gasteiger partial charge in [-0.05, 0) is 34.4 Å². The lowest BCUT2D eigenvalue weighted by Crippen LogP contribution is -2.40. The van der Waals surface area contributed by atoms with E-state index in [-0.39, 0.29) is 5.41 Å². The molecule has 0 radical (unpaired) electrons. The summed E-state index contributed by atoms with van der Waals surface area (Å²) in [5.74, 6) is 1.02. The third-order valence-corrected chi connectivity index (χ3v) is 5.60. The number of fused-ring (bicyclic) bond motifs is 3. The van der Waals surface area contributed by atoms with Crippen molar-refractivity contribution in [2.75, 3.05) is 6.61 Å². The summed E-state index contributed by atoms with van der Waals surface area (Å²) in [7, 11) is 0. The second kappa shape index (κ2) is 6.03. The van der Waals surface area contributed by atoms with Crippen LogP contribution in [0.5, 0.6) is 5.75 Å². The van der Waals surface area contributed by atoms with Crippen LogP contribution in [0.25, 0.3) is 10.8 Å². The molecule has 0 aromatic heterocycles. The normalized spacial score (nSPS) is 15.2. The Labute approximate surface area is 153 Å². The van der Waals surface area contributed by atoms with E-state index < -0.39 is 0 Å². The maximum atomic E-state index is 6.36. The van der Waals surface area contributed by atoms with Crippen LogP contribution in [0.15, 0.2) is 97.1 Å². The molecule has 0 saturated carbocycles. The summed E-state index contributed by atoms with van der Waals surface area (Å²) in [6.07, 6.45) is 0.942. The van der Waals surface area contributed by atoms with Gasteiger partial charge in [-0.25, -0.2) is 0 Å². The van der Waals surface area contributed by atoms with E-state index in [9.17, 15) is 0 Å². The van der Waals surface area contributed by atoms with Gasteiger partial charge in [0.1, 0.15) is 12.4 Å². The summed E-state index contributed by atoms with van der Waals surface area (Å²) in [4.78, 5) is 0. The summed E-state index contributed by atoms with van der Waals surface area (Å²) >= 11 is 0. The lowest BCUT2D eigenvalue weighted by Gasteiger charge is -2.39. The first-order valence-electron chi connectivity index (χ1n) is 9.11. The van der Waals surface area contributed by atoms with Crippen molar-refractivity contribution in [3.8, 4) is 5.75 Å². The predicted molar refractivity (Wildman–Crippen MR) is 107 cm³/mol. The number of rotatable bonds is 2. The summed E-state index contributed by atoms with van der Waals surface area (Å²) in [5.41, 5.74) is 3.76. The molecule has 0 fully saturated rings. The molecule has 1 heterocycles. The quantitative estimate of drug-likeness (QED) is 0.452. The van der Waals surface area contributed by atoms with Gasteiger partial charge >= 0.3 is 0 Å². The van der Waals surface area contributed by atoms with E-state index in [0.717, 1.165) is 12.2 Å². The third-order valence-electron chi connectivity index (χ3n) is 5.60. The molecule has 0 bridgehead atoms. The van der Waals surface area contributed by atoms with Gasteiger partial charge in [0.15, 0.2) is 0 Å². The van der Waals surface area contributed by atoms with Gasteiger partial charge in [0, 0.05) is 5.56 Å². The van der Waals surface area contributed by atoms with Crippen molar-refractivity contribution in [3.05, 3.63) is 114 Å². The standard InChI is InChI=1S/C25H20O/c1-3-10-20(11-4-1)25(21-12-5-2-6-13-21)17-23-22-14-8-7-9-19(22)15-16-24(23)26-18-25/h1-16H,17-18H2. The molecule has 0 amide bonds. The van der Waals surface area contributed by atoms with Crippen LogP contribution in [0.4, 0.5) is 0 Å². The average Bonchev–Trinajstić information content (AvgIpc) is 2.74. The van der Waals surface area contributed by atoms with Crippen molar-refractivity contribution in [3.63, 3.8) is 0 Å². The van der Waals surface area contributed by atoms with Gasteiger partial charge in [-0.15, -0.1) is 0 Å². The molecule has 0 aliphatic carbocycles. The van der Waals surface area contributed by atoms with Crippen LogP contribution in [0.3, 0.4) is 0 Å². The highest BCUT2D eigenvalue weighted by Crippen LogP contribution is 2.44. The molecule has 4 aromatic rings. The molecule has 1 heteroatoms. The van der Waals surface area contributed by atoms with E-state index in [2.05, 4.69) is 97.1 Å². The summed E-state index contributed by atoms with van der Waals surface area (Å²) in [5, 5.41) is 2.56. The van der Waals surface area contributed by atoms with Crippen molar-refractivity contribution < 1.29 is 4.74 Å². The highest BCUT2D eigenvalue weighted by Gasteiger charge is 2.39. The largest absolute Gasteiger partial charge is 0.492 e. The van der Waals surface area contributed by atoms with Crippen LogP contribution in [0, 0.1) is 0 Å². The van der Waals surface area contributed by atoms with Crippen LogP contribution in [-0.4, -0.2) is 6.61 Å². The van der Waals surface area contributed by atoms with E-state index in [1.54, 1.807) is 0 Å². The van der Waals surface area contributed by atoms with Crippen LogP contribution >= 0.6 is 0 Å². The summed E-state index contributed by atoms with van der Waals surface area (Å²) in [6, 6.07) is 34.4.